The fourth-order valence-electron chi connectivity index (χ4n) is 4.15. The van der Waals surface area contributed by atoms with Gasteiger partial charge in [0.05, 0.1) is 22.0 Å². The minimum Gasteiger partial charge on any atom is -0.444 e. The molecule has 0 spiro atoms. The lowest BCUT2D eigenvalue weighted by Crippen LogP contribution is -2.51. The third kappa shape index (κ3) is 8.31. The first-order valence-electron chi connectivity index (χ1n) is 12.7. The third-order valence-electron chi connectivity index (χ3n) is 6.25. The first-order valence-corrected chi connectivity index (χ1v) is 14.2. The van der Waals surface area contributed by atoms with E-state index in [0.717, 1.165) is 22.0 Å². The molecule has 1 aromatic heterocycles. The molecule has 0 aliphatic carbocycles. The Kier molecular flexibility index (Phi) is 10.7. The molecule has 1 heterocycles. The Morgan fingerprint density at radius 2 is 1.68 bits per heavy atom. The Hall–Kier alpha value is -3.87. The highest BCUT2D eigenvalue weighted by molar-refractivity contribution is 7.89. The van der Waals surface area contributed by atoms with Crippen molar-refractivity contribution in [1.82, 2.24) is 14.2 Å². The van der Waals surface area contributed by atoms with E-state index in [1.54, 1.807) is 24.5 Å². The quantitative estimate of drug-likeness (QED) is 0.241. The van der Waals surface area contributed by atoms with E-state index in [1.807, 2.05) is 44.2 Å². The molecule has 0 aliphatic heterocycles. The largest absolute Gasteiger partial charge is 0.444 e. The zero-order valence-corrected chi connectivity index (χ0v) is 23.5. The number of aromatic nitrogens is 1. The molecule has 0 aliphatic rings. The van der Waals surface area contributed by atoms with E-state index in [0.29, 0.717) is 5.56 Å². The number of nitro benzene ring substituents is 1. The predicted octanol–water partition coefficient (Wildman–Crippen LogP) is 3.88. The lowest BCUT2D eigenvalue weighted by atomic mass is 10.00. The average Bonchev–Trinajstić information content (AvgIpc) is 2.94. The van der Waals surface area contributed by atoms with Crippen molar-refractivity contribution < 1.29 is 28.0 Å². The second-order valence-electron chi connectivity index (χ2n) is 9.82. The summed E-state index contributed by atoms with van der Waals surface area (Å²) in [5, 5.41) is 22.5. The van der Waals surface area contributed by atoms with Crippen LogP contribution in [0.5, 0.6) is 0 Å². The van der Waals surface area contributed by atoms with Crippen LogP contribution in [-0.4, -0.2) is 71.0 Å². The highest BCUT2D eigenvalue weighted by Crippen LogP contribution is 2.23. The number of benzene rings is 2. The van der Waals surface area contributed by atoms with Crippen molar-refractivity contribution in [3.05, 3.63) is 100 Å². The van der Waals surface area contributed by atoms with Crippen LogP contribution in [0.1, 0.15) is 25.0 Å². The molecule has 0 saturated heterocycles. The highest BCUT2D eigenvalue weighted by Gasteiger charge is 2.34. The van der Waals surface area contributed by atoms with Gasteiger partial charge in [0.1, 0.15) is 6.61 Å². The number of aliphatic hydroxyl groups excluding tert-OH is 1. The number of hydrogen-bond acceptors (Lipinski definition) is 8. The SMILES string of the molecule is CC(C)CN(C[C@@H](O)[C@H](Cc1ccccc1)N(C)C(=O)OCc1cccnc1)S(=O)(=O)c1ccc([N+](=O)[O-])cc1. The number of sulfonamides is 1. The maximum absolute atomic E-state index is 13.6. The average molecular weight is 571 g/mol. The summed E-state index contributed by atoms with van der Waals surface area (Å²) in [6.07, 6.45) is 1.46. The monoisotopic (exact) mass is 570 g/mol. The summed E-state index contributed by atoms with van der Waals surface area (Å²) in [6, 6.07) is 16.5. The zero-order valence-electron chi connectivity index (χ0n) is 22.7. The number of ether oxygens (including phenoxy) is 1. The van der Waals surface area contributed by atoms with E-state index in [9.17, 15) is 28.4 Å². The van der Waals surface area contributed by atoms with Gasteiger partial charge < -0.3 is 14.7 Å². The normalized spacial score (nSPS) is 13.2. The topological polar surface area (TPSA) is 143 Å². The molecule has 0 unspecified atom stereocenters. The molecule has 12 heteroatoms. The minimum absolute atomic E-state index is 0.0147. The van der Waals surface area contributed by atoms with Gasteiger partial charge in [-0.2, -0.15) is 4.31 Å². The van der Waals surface area contributed by atoms with Crippen molar-refractivity contribution in [2.45, 2.75) is 43.9 Å². The van der Waals surface area contributed by atoms with E-state index in [1.165, 1.54) is 24.1 Å². The molecule has 3 aromatic rings. The van der Waals surface area contributed by atoms with Gasteiger partial charge >= 0.3 is 6.09 Å². The number of carbonyl (C=O) groups excluding carboxylic acids is 1. The number of aliphatic hydroxyl groups is 1. The van der Waals surface area contributed by atoms with Crippen molar-refractivity contribution in [1.29, 1.82) is 0 Å². The second kappa shape index (κ2) is 14.0. The van der Waals surface area contributed by atoms with Gasteiger partial charge in [0.15, 0.2) is 0 Å². The molecular weight excluding hydrogens is 536 g/mol. The number of amides is 1. The molecule has 1 amide bonds. The molecule has 214 valence electrons. The number of rotatable bonds is 13. The summed E-state index contributed by atoms with van der Waals surface area (Å²) in [6.45, 7) is 3.44. The first kappa shape index (κ1) is 30.7. The van der Waals surface area contributed by atoms with Crippen LogP contribution >= 0.6 is 0 Å². The molecule has 0 radical (unpaired) electrons. The maximum Gasteiger partial charge on any atom is 0.410 e. The third-order valence-corrected chi connectivity index (χ3v) is 8.09. The standard InChI is InChI=1S/C28H34N4O7S/c1-21(2)18-31(40(37,38)25-13-11-24(12-14-25)32(35)36)19-27(33)26(16-22-8-5-4-6-9-22)30(3)28(34)39-20-23-10-7-15-29-17-23/h4-15,17,21,26-27,33H,16,18-20H2,1-3H3/t26-,27+/m0/s1. The molecule has 2 atom stereocenters. The first-order chi connectivity index (χ1) is 19.0. The van der Waals surface area contributed by atoms with E-state index >= 15 is 0 Å². The van der Waals surface area contributed by atoms with Crippen LogP contribution in [-0.2, 0) is 27.8 Å². The van der Waals surface area contributed by atoms with Gasteiger partial charge in [-0.3, -0.25) is 15.1 Å². The molecular formula is C28H34N4O7S. The van der Waals surface area contributed by atoms with Gasteiger partial charge in [-0.25, -0.2) is 13.2 Å². The molecule has 2 aromatic carbocycles. The Bertz CT molecular complexity index is 1350. The number of hydrogen-bond donors (Lipinski definition) is 1. The van der Waals surface area contributed by atoms with Crippen LogP contribution in [0.15, 0.2) is 84.0 Å². The molecule has 3 rings (SSSR count). The Morgan fingerprint density at radius 1 is 1.02 bits per heavy atom. The summed E-state index contributed by atoms with van der Waals surface area (Å²) in [4.78, 5) is 28.6. The van der Waals surface area contributed by atoms with Crippen LogP contribution in [0.4, 0.5) is 10.5 Å². The number of non-ortho nitro benzene ring substituents is 1. The summed E-state index contributed by atoms with van der Waals surface area (Å²) < 4.78 is 33.7. The van der Waals surface area contributed by atoms with E-state index in [4.69, 9.17) is 4.74 Å². The summed E-state index contributed by atoms with van der Waals surface area (Å²) in [7, 11) is -2.62. The smallest absolute Gasteiger partial charge is 0.410 e. The highest BCUT2D eigenvalue weighted by atomic mass is 32.2. The van der Waals surface area contributed by atoms with Crippen molar-refractivity contribution in [2.24, 2.45) is 5.92 Å². The van der Waals surface area contributed by atoms with E-state index in [2.05, 4.69) is 4.98 Å². The lowest BCUT2D eigenvalue weighted by molar-refractivity contribution is -0.384. The summed E-state index contributed by atoms with van der Waals surface area (Å²) in [5.74, 6) is -0.0882. The van der Waals surface area contributed by atoms with E-state index < -0.39 is 33.2 Å². The molecule has 11 nitrogen and oxygen atoms in total. The lowest BCUT2D eigenvalue weighted by Gasteiger charge is -2.34. The van der Waals surface area contributed by atoms with E-state index in [-0.39, 0.29) is 42.6 Å². The van der Waals surface area contributed by atoms with Gasteiger partial charge in [0, 0.05) is 50.2 Å². The summed E-state index contributed by atoms with van der Waals surface area (Å²) in [5.41, 5.74) is 1.30. The summed E-state index contributed by atoms with van der Waals surface area (Å²) >= 11 is 0. The zero-order chi connectivity index (χ0) is 29.3. The van der Waals surface area contributed by atoms with Gasteiger partial charge in [-0.1, -0.05) is 50.2 Å². The minimum atomic E-state index is -4.12. The molecule has 0 bridgehead atoms. The van der Waals surface area contributed by atoms with Crippen LogP contribution in [0.25, 0.3) is 0 Å². The number of likely N-dealkylation sites (N-methyl/N-ethyl adjacent to an activating group) is 1. The van der Waals surface area contributed by atoms with Crippen LogP contribution in [0, 0.1) is 16.0 Å². The fraction of sp³-hybridized carbons (Fsp3) is 0.357. The van der Waals surface area contributed by atoms with Gasteiger partial charge in [-0.15, -0.1) is 0 Å². The maximum atomic E-state index is 13.6. The van der Waals surface area contributed by atoms with Crippen molar-refractivity contribution in [2.75, 3.05) is 20.1 Å². The van der Waals surface area contributed by atoms with Crippen molar-refractivity contribution in [3.63, 3.8) is 0 Å². The number of nitro groups is 1. The molecule has 0 saturated carbocycles. The van der Waals surface area contributed by atoms with Crippen molar-refractivity contribution >= 4 is 21.8 Å². The number of carbonyl (C=O) groups is 1. The fourth-order valence-corrected chi connectivity index (χ4v) is 5.77. The number of pyridine rings is 1. The van der Waals surface area contributed by atoms with Crippen LogP contribution < -0.4 is 0 Å². The number of nitrogens with zero attached hydrogens (tertiary/aromatic N) is 4. The Balaban J connectivity index is 1.86. The Labute approximate surface area is 234 Å². The molecule has 40 heavy (non-hydrogen) atoms. The van der Waals surface area contributed by atoms with Gasteiger partial charge in [-0.05, 0) is 36.1 Å². The van der Waals surface area contributed by atoms with Gasteiger partial charge in [0.25, 0.3) is 5.69 Å². The molecule has 1 N–H and O–H groups in total. The Morgan fingerprint density at radius 3 is 2.25 bits per heavy atom. The van der Waals surface area contributed by atoms with Gasteiger partial charge in [0.2, 0.25) is 10.0 Å². The molecule has 0 fully saturated rings. The second-order valence-corrected chi connectivity index (χ2v) is 11.8. The van der Waals surface area contributed by atoms with Crippen LogP contribution in [0.3, 0.4) is 0 Å². The van der Waals surface area contributed by atoms with Crippen LogP contribution in [0.2, 0.25) is 0 Å². The van der Waals surface area contributed by atoms with Crippen molar-refractivity contribution in [3.8, 4) is 0 Å². The predicted molar refractivity (Wildman–Crippen MR) is 149 cm³/mol.